The number of hydrogen-bond acceptors (Lipinski definition) is 2. The van der Waals surface area contributed by atoms with Crippen LogP contribution in [0.15, 0.2) is 18.3 Å². The van der Waals surface area contributed by atoms with Gasteiger partial charge in [0.2, 0.25) is 0 Å². The third kappa shape index (κ3) is 1.68. The molecule has 1 rings (SSSR count). The molecule has 3 nitrogen and oxygen atoms in total. The van der Waals surface area contributed by atoms with E-state index in [0.717, 1.165) is 0 Å². The fourth-order valence-electron chi connectivity index (χ4n) is 1.42. The van der Waals surface area contributed by atoms with Crippen LogP contribution in [-0.2, 0) is 7.05 Å². The molecular weight excluding hydrogens is 150 g/mol. The SMILES string of the molecule is CN(C)[C@@H](CN)c1cccn1C. The molecule has 0 spiro atoms. The smallest absolute Gasteiger partial charge is 0.0619 e. The van der Waals surface area contributed by atoms with Crippen molar-refractivity contribution in [1.29, 1.82) is 0 Å². The number of likely N-dealkylation sites (N-methyl/N-ethyl adjacent to an activating group) is 1. The van der Waals surface area contributed by atoms with E-state index in [1.165, 1.54) is 5.69 Å². The zero-order valence-electron chi connectivity index (χ0n) is 7.99. The minimum Gasteiger partial charge on any atom is -0.353 e. The summed E-state index contributed by atoms with van der Waals surface area (Å²) in [4.78, 5) is 2.13. The molecular formula is C9H17N3. The van der Waals surface area contributed by atoms with Crippen LogP contribution in [0.25, 0.3) is 0 Å². The summed E-state index contributed by atoms with van der Waals surface area (Å²) in [6.45, 7) is 0.658. The predicted molar refractivity (Wildman–Crippen MR) is 50.9 cm³/mol. The molecule has 0 amide bonds. The maximum absolute atomic E-state index is 5.68. The molecule has 0 aromatic carbocycles. The number of nitrogens with two attached hydrogens (primary N) is 1. The molecule has 1 aromatic heterocycles. The second-order valence-corrected chi connectivity index (χ2v) is 3.26. The average molecular weight is 167 g/mol. The van der Waals surface area contributed by atoms with Crippen molar-refractivity contribution in [1.82, 2.24) is 9.47 Å². The maximum atomic E-state index is 5.68. The van der Waals surface area contributed by atoms with Crippen LogP contribution >= 0.6 is 0 Å². The summed E-state index contributed by atoms with van der Waals surface area (Å²) in [7, 11) is 6.14. The summed E-state index contributed by atoms with van der Waals surface area (Å²) >= 11 is 0. The Labute approximate surface area is 73.8 Å². The predicted octanol–water partition coefficient (Wildman–Crippen LogP) is 0.586. The summed E-state index contributed by atoms with van der Waals surface area (Å²) in [5.74, 6) is 0. The van der Waals surface area contributed by atoms with Gasteiger partial charge in [0.15, 0.2) is 0 Å². The van der Waals surface area contributed by atoms with Crippen molar-refractivity contribution < 1.29 is 0 Å². The minimum absolute atomic E-state index is 0.324. The fraction of sp³-hybridized carbons (Fsp3) is 0.556. The molecule has 1 heterocycles. The monoisotopic (exact) mass is 167 g/mol. The molecule has 3 heteroatoms. The molecule has 0 bridgehead atoms. The lowest BCUT2D eigenvalue weighted by molar-refractivity contribution is 0.295. The molecule has 1 aromatic rings. The fourth-order valence-corrected chi connectivity index (χ4v) is 1.42. The second kappa shape index (κ2) is 3.74. The highest BCUT2D eigenvalue weighted by Gasteiger charge is 2.13. The summed E-state index contributed by atoms with van der Waals surface area (Å²) < 4.78 is 2.11. The van der Waals surface area contributed by atoms with E-state index < -0.39 is 0 Å². The summed E-state index contributed by atoms with van der Waals surface area (Å²) in [6, 6.07) is 4.48. The standard InChI is InChI=1S/C9H17N3/c1-11(2)9(7-10)8-5-4-6-12(8)3/h4-6,9H,7,10H2,1-3H3/t9-/m0/s1. The van der Waals surface area contributed by atoms with E-state index in [-0.39, 0.29) is 0 Å². The Bertz CT molecular complexity index is 240. The normalized spacial score (nSPS) is 13.8. The van der Waals surface area contributed by atoms with Crippen molar-refractivity contribution in [3.05, 3.63) is 24.0 Å². The topological polar surface area (TPSA) is 34.2 Å². The molecule has 0 radical (unpaired) electrons. The quantitative estimate of drug-likeness (QED) is 0.715. The third-order valence-corrected chi connectivity index (χ3v) is 2.17. The Morgan fingerprint density at radius 2 is 2.25 bits per heavy atom. The molecule has 2 N–H and O–H groups in total. The van der Waals surface area contributed by atoms with Crippen LogP contribution in [0.4, 0.5) is 0 Å². The lowest BCUT2D eigenvalue weighted by Crippen LogP contribution is -2.28. The van der Waals surface area contributed by atoms with Crippen molar-refractivity contribution in [2.45, 2.75) is 6.04 Å². The molecule has 12 heavy (non-hydrogen) atoms. The first kappa shape index (κ1) is 9.29. The van der Waals surface area contributed by atoms with E-state index in [4.69, 9.17) is 5.73 Å². The van der Waals surface area contributed by atoms with Crippen LogP contribution in [0, 0.1) is 0 Å². The number of hydrogen-bond donors (Lipinski definition) is 1. The molecule has 0 aliphatic rings. The largest absolute Gasteiger partial charge is 0.353 e. The maximum Gasteiger partial charge on any atom is 0.0619 e. The molecule has 0 saturated carbocycles. The van der Waals surface area contributed by atoms with Crippen molar-refractivity contribution >= 4 is 0 Å². The molecule has 1 atom stereocenters. The first-order chi connectivity index (χ1) is 5.66. The molecule has 0 fully saturated rings. The number of aromatic nitrogens is 1. The average Bonchev–Trinajstić information content (AvgIpc) is 2.38. The van der Waals surface area contributed by atoms with E-state index in [2.05, 4.69) is 15.5 Å². The van der Waals surface area contributed by atoms with Gasteiger partial charge in [-0.2, -0.15) is 0 Å². The van der Waals surface area contributed by atoms with Gasteiger partial charge in [-0.1, -0.05) is 0 Å². The summed E-state index contributed by atoms with van der Waals surface area (Å²) in [5.41, 5.74) is 6.94. The van der Waals surface area contributed by atoms with Crippen molar-refractivity contribution in [3.63, 3.8) is 0 Å². The summed E-state index contributed by atoms with van der Waals surface area (Å²) in [6.07, 6.45) is 2.04. The third-order valence-electron chi connectivity index (χ3n) is 2.17. The molecule has 0 aliphatic carbocycles. The lowest BCUT2D eigenvalue weighted by Gasteiger charge is -2.23. The van der Waals surface area contributed by atoms with Gasteiger partial charge in [0.05, 0.1) is 6.04 Å². The van der Waals surface area contributed by atoms with Crippen molar-refractivity contribution in [2.24, 2.45) is 12.8 Å². The molecule has 0 aliphatic heterocycles. The van der Waals surface area contributed by atoms with Crippen molar-refractivity contribution in [2.75, 3.05) is 20.6 Å². The van der Waals surface area contributed by atoms with Crippen LogP contribution in [0.1, 0.15) is 11.7 Å². The van der Waals surface area contributed by atoms with Gasteiger partial charge in [0.25, 0.3) is 0 Å². The zero-order chi connectivity index (χ0) is 9.14. The van der Waals surface area contributed by atoms with E-state index in [1.54, 1.807) is 0 Å². The number of nitrogens with zero attached hydrogens (tertiary/aromatic N) is 2. The summed E-state index contributed by atoms with van der Waals surface area (Å²) in [5, 5.41) is 0. The van der Waals surface area contributed by atoms with Gasteiger partial charge in [-0.15, -0.1) is 0 Å². The van der Waals surface area contributed by atoms with Gasteiger partial charge in [-0.25, -0.2) is 0 Å². The Balaban J connectivity index is 2.87. The van der Waals surface area contributed by atoms with Crippen LogP contribution in [-0.4, -0.2) is 30.1 Å². The van der Waals surface area contributed by atoms with E-state index in [0.29, 0.717) is 12.6 Å². The van der Waals surface area contributed by atoms with Gasteiger partial charge in [0.1, 0.15) is 0 Å². The number of rotatable bonds is 3. The van der Waals surface area contributed by atoms with Gasteiger partial charge in [0, 0.05) is 25.5 Å². The van der Waals surface area contributed by atoms with Gasteiger partial charge < -0.3 is 10.3 Å². The first-order valence-electron chi connectivity index (χ1n) is 4.14. The zero-order valence-corrected chi connectivity index (χ0v) is 7.99. The Kier molecular flexibility index (Phi) is 2.89. The van der Waals surface area contributed by atoms with Gasteiger partial charge in [-0.05, 0) is 26.2 Å². The van der Waals surface area contributed by atoms with Crippen LogP contribution in [0.5, 0.6) is 0 Å². The Hall–Kier alpha value is -0.800. The van der Waals surface area contributed by atoms with Crippen LogP contribution in [0.2, 0.25) is 0 Å². The van der Waals surface area contributed by atoms with Gasteiger partial charge in [-0.3, -0.25) is 4.90 Å². The highest BCUT2D eigenvalue weighted by atomic mass is 15.1. The van der Waals surface area contributed by atoms with E-state index >= 15 is 0 Å². The highest BCUT2D eigenvalue weighted by molar-refractivity contribution is 5.11. The van der Waals surface area contributed by atoms with Gasteiger partial charge >= 0.3 is 0 Å². The molecule has 68 valence electrons. The number of aryl methyl sites for hydroxylation is 1. The van der Waals surface area contributed by atoms with E-state index in [1.807, 2.05) is 33.4 Å². The van der Waals surface area contributed by atoms with Crippen LogP contribution in [0.3, 0.4) is 0 Å². The van der Waals surface area contributed by atoms with Crippen LogP contribution < -0.4 is 5.73 Å². The van der Waals surface area contributed by atoms with Crippen molar-refractivity contribution in [3.8, 4) is 0 Å². The Morgan fingerprint density at radius 3 is 2.58 bits per heavy atom. The second-order valence-electron chi connectivity index (χ2n) is 3.26. The molecule has 0 unspecified atom stereocenters. The first-order valence-corrected chi connectivity index (χ1v) is 4.14. The lowest BCUT2D eigenvalue weighted by atomic mass is 10.2. The minimum atomic E-state index is 0.324. The molecule has 0 saturated heterocycles. The Morgan fingerprint density at radius 1 is 1.58 bits per heavy atom. The highest BCUT2D eigenvalue weighted by Crippen LogP contribution is 2.15. The van der Waals surface area contributed by atoms with E-state index in [9.17, 15) is 0 Å².